The van der Waals surface area contributed by atoms with Crippen LogP contribution in [0.1, 0.15) is 0 Å². The highest BCUT2D eigenvalue weighted by atomic mass is 127. The van der Waals surface area contributed by atoms with Gasteiger partial charge in [-0.15, -0.1) is 0 Å². The largest absolute Gasteiger partial charge is 0.458 e. The highest BCUT2D eigenvalue weighted by Crippen LogP contribution is 2.22. The molecular weight excluding hydrogens is 361 g/mol. The Hall–Kier alpha value is -2.03. The monoisotopic (exact) mass is 373 g/mol. The summed E-state index contributed by atoms with van der Waals surface area (Å²) in [5.41, 5.74) is 11.2. The van der Waals surface area contributed by atoms with Crippen molar-refractivity contribution in [1.82, 2.24) is 0 Å². The van der Waals surface area contributed by atoms with Crippen LogP contribution >= 0.6 is 22.6 Å². The zero-order chi connectivity index (χ0) is 14.4. The molecule has 0 aliphatic heterocycles. The average molecular weight is 373 g/mol. The molecule has 0 spiro atoms. The summed E-state index contributed by atoms with van der Waals surface area (Å²) in [6.07, 6.45) is 3.48. The summed E-state index contributed by atoms with van der Waals surface area (Å²) in [4.78, 5) is 9.90. The van der Waals surface area contributed by atoms with Gasteiger partial charge in [0, 0.05) is 15.3 Å². The van der Waals surface area contributed by atoms with Crippen molar-refractivity contribution in [2.75, 3.05) is 5.73 Å². The molecule has 0 saturated heterocycles. The molecule has 0 unspecified atom stereocenters. The smallest absolute Gasteiger partial charge is 0.284 e. The predicted molar refractivity (Wildman–Crippen MR) is 81.7 cm³/mol. The quantitative estimate of drug-likeness (QED) is 0.206. The van der Waals surface area contributed by atoms with Gasteiger partial charge in [0.05, 0.1) is 11.1 Å². The first kappa shape index (κ1) is 15.0. The molecule has 0 heterocycles. The highest BCUT2D eigenvalue weighted by molar-refractivity contribution is 14.1. The number of allylic oxidation sites excluding steroid dienone is 2. The lowest BCUT2D eigenvalue weighted by Crippen LogP contribution is -1.99. The fourth-order valence-corrected chi connectivity index (χ4v) is 1.60. The molecule has 0 atom stereocenters. The number of anilines is 1. The fourth-order valence-electron chi connectivity index (χ4n) is 1.11. The molecule has 4 N–H and O–H groups in total. The molecule has 0 aliphatic carbocycles. The van der Waals surface area contributed by atoms with Crippen molar-refractivity contribution in [3.8, 4) is 5.75 Å². The normalized spacial score (nSPS) is 11.5. The predicted octanol–water partition coefficient (Wildman–Crippen LogP) is 2.40. The third-order valence-corrected chi connectivity index (χ3v) is 2.98. The Morgan fingerprint density at radius 1 is 1.47 bits per heavy atom. The van der Waals surface area contributed by atoms with Crippen LogP contribution in [0.25, 0.3) is 0 Å². The number of nitro groups is 1. The lowest BCUT2D eigenvalue weighted by Gasteiger charge is -2.06. The van der Waals surface area contributed by atoms with E-state index in [4.69, 9.17) is 16.2 Å². The number of halogens is 1. The molecule has 7 heteroatoms. The fraction of sp³-hybridized carbons (Fsp3) is 0. The Kier molecular flexibility index (Phi) is 5.37. The van der Waals surface area contributed by atoms with Gasteiger partial charge in [0.1, 0.15) is 11.5 Å². The third-order valence-electron chi connectivity index (χ3n) is 2.04. The highest BCUT2D eigenvalue weighted by Gasteiger charge is 2.04. The molecule has 100 valence electrons. The Morgan fingerprint density at radius 3 is 2.68 bits per heavy atom. The van der Waals surface area contributed by atoms with Crippen molar-refractivity contribution in [2.24, 2.45) is 5.73 Å². The van der Waals surface area contributed by atoms with Crippen LogP contribution in [0.2, 0.25) is 0 Å². The van der Waals surface area contributed by atoms with E-state index in [1.165, 1.54) is 12.2 Å². The molecule has 6 nitrogen and oxygen atoms in total. The molecule has 0 saturated carbocycles. The molecule has 1 rings (SSSR count). The molecule has 1 aromatic rings. The second-order valence-corrected chi connectivity index (χ2v) is 4.60. The Morgan fingerprint density at radius 2 is 2.16 bits per heavy atom. The van der Waals surface area contributed by atoms with Gasteiger partial charge in [-0.2, -0.15) is 0 Å². The SMILES string of the molecule is C=C(/C=C\C(=C/N)[N+](=O)[O-])Oc1ccc(N)c(I)c1. The van der Waals surface area contributed by atoms with Crippen molar-refractivity contribution >= 4 is 28.3 Å². The second kappa shape index (κ2) is 6.78. The minimum atomic E-state index is -0.601. The van der Waals surface area contributed by atoms with Gasteiger partial charge in [-0.05, 0) is 46.9 Å². The van der Waals surface area contributed by atoms with Crippen LogP contribution in [0.3, 0.4) is 0 Å². The van der Waals surface area contributed by atoms with Crippen molar-refractivity contribution < 1.29 is 9.66 Å². The zero-order valence-electron chi connectivity index (χ0n) is 9.88. The maximum atomic E-state index is 10.5. The summed E-state index contributed by atoms with van der Waals surface area (Å²) in [5, 5.41) is 10.5. The first-order valence-corrected chi connectivity index (χ1v) is 6.18. The summed E-state index contributed by atoms with van der Waals surface area (Å²) in [6.45, 7) is 3.63. The van der Waals surface area contributed by atoms with E-state index in [0.29, 0.717) is 11.4 Å². The molecule has 0 radical (unpaired) electrons. The Balaban J connectivity index is 2.72. The van der Waals surface area contributed by atoms with Crippen molar-refractivity contribution in [2.45, 2.75) is 0 Å². The van der Waals surface area contributed by atoms with E-state index < -0.39 is 4.92 Å². The van der Waals surface area contributed by atoms with E-state index in [0.717, 1.165) is 9.77 Å². The summed E-state index contributed by atoms with van der Waals surface area (Å²) in [5.74, 6) is 0.800. The van der Waals surface area contributed by atoms with E-state index >= 15 is 0 Å². The number of nitrogens with two attached hydrogens (primary N) is 2. The lowest BCUT2D eigenvalue weighted by molar-refractivity contribution is -0.419. The molecule has 0 aliphatic rings. The van der Waals surface area contributed by atoms with E-state index in [-0.39, 0.29) is 11.5 Å². The maximum Gasteiger partial charge on any atom is 0.284 e. The van der Waals surface area contributed by atoms with E-state index in [1.54, 1.807) is 18.2 Å². The number of nitrogens with zero attached hydrogens (tertiary/aromatic N) is 1. The summed E-state index contributed by atoms with van der Waals surface area (Å²) in [7, 11) is 0. The minimum absolute atomic E-state index is 0.239. The van der Waals surface area contributed by atoms with Crippen molar-refractivity contribution in [1.29, 1.82) is 0 Å². The van der Waals surface area contributed by atoms with Gasteiger partial charge in [0.15, 0.2) is 0 Å². The molecule has 19 heavy (non-hydrogen) atoms. The number of hydrogen-bond acceptors (Lipinski definition) is 5. The van der Waals surface area contributed by atoms with Gasteiger partial charge in [-0.3, -0.25) is 10.1 Å². The summed E-state index contributed by atoms with van der Waals surface area (Å²) >= 11 is 2.08. The first-order chi connectivity index (χ1) is 8.93. The number of hydrogen-bond donors (Lipinski definition) is 2. The van der Waals surface area contributed by atoms with Gasteiger partial charge >= 0.3 is 0 Å². The minimum Gasteiger partial charge on any atom is -0.458 e. The maximum absolute atomic E-state index is 10.5. The average Bonchev–Trinajstić information content (AvgIpc) is 2.34. The Labute approximate surface area is 123 Å². The number of nitrogen functional groups attached to an aromatic ring is 1. The standard InChI is InChI=1S/C12H12IN3O3/c1-8(2-3-9(7-14)16(17)18)19-10-4-5-12(15)11(13)6-10/h2-7H,1,14-15H2/b3-2-,9-7+. The van der Waals surface area contributed by atoms with Gasteiger partial charge in [-0.1, -0.05) is 6.58 Å². The van der Waals surface area contributed by atoms with Gasteiger partial charge < -0.3 is 16.2 Å². The van der Waals surface area contributed by atoms with Crippen molar-refractivity contribution in [3.63, 3.8) is 0 Å². The van der Waals surface area contributed by atoms with E-state index in [9.17, 15) is 10.1 Å². The summed E-state index contributed by atoms with van der Waals surface area (Å²) < 4.78 is 6.24. The van der Waals surface area contributed by atoms with Crippen LogP contribution in [0.15, 0.2) is 54.6 Å². The lowest BCUT2D eigenvalue weighted by atomic mass is 10.3. The molecule has 0 amide bonds. The Bertz CT molecular complexity index is 567. The van der Waals surface area contributed by atoms with Crippen molar-refractivity contribution in [3.05, 3.63) is 68.3 Å². The van der Waals surface area contributed by atoms with Crippen LogP contribution in [0.5, 0.6) is 5.75 Å². The van der Waals surface area contributed by atoms with Crippen LogP contribution in [-0.4, -0.2) is 4.92 Å². The molecule has 1 aromatic carbocycles. The van der Waals surface area contributed by atoms with Gasteiger partial charge in [0.2, 0.25) is 0 Å². The van der Waals surface area contributed by atoms with Crippen LogP contribution in [-0.2, 0) is 0 Å². The van der Waals surface area contributed by atoms with Crippen LogP contribution < -0.4 is 16.2 Å². The third kappa shape index (κ3) is 4.62. The number of benzene rings is 1. The van der Waals surface area contributed by atoms with Crippen LogP contribution in [0.4, 0.5) is 5.69 Å². The number of ether oxygens (including phenoxy) is 1. The molecule has 0 fully saturated rings. The zero-order valence-corrected chi connectivity index (χ0v) is 12.0. The van der Waals surface area contributed by atoms with Gasteiger partial charge in [0.25, 0.3) is 5.70 Å². The first-order valence-electron chi connectivity index (χ1n) is 5.10. The molecule has 0 bridgehead atoms. The summed E-state index contributed by atoms with van der Waals surface area (Å²) in [6, 6.07) is 5.13. The molecular formula is C12H12IN3O3. The van der Waals surface area contributed by atoms with E-state index in [1.807, 2.05) is 0 Å². The second-order valence-electron chi connectivity index (χ2n) is 3.43. The van der Waals surface area contributed by atoms with E-state index in [2.05, 4.69) is 29.2 Å². The number of rotatable bonds is 5. The topological polar surface area (TPSA) is 104 Å². The molecule has 0 aromatic heterocycles. The van der Waals surface area contributed by atoms with Crippen LogP contribution in [0, 0.1) is 13.7 Å². The van der Waals surface area contributed by atoms with Gasteiger partial charge in [-0.25, -0.2) is 0 Å².